The molecule has 0 amide bonds. The van der Waals surface area contributed by atoms with E-state index in [4.69, 9.17) is 0 Å². The Balaban J connectivity index is 2.08. The van der Waals surface area contributed by atoms with Crippen molar-refractivity contribution in [1.29, 1.82) is 0 Å². The highest BCUT2D eigenvalue weighted by Gasteiger charge is 2.28. The van der Waals surface area contributed by atoms with Crippen LogP contribution in [0.1, 0.15) is 15.9 Å². The minimum atomic E-state index is -0.704. The third-order valence-electron chi connectivity index (χ3n) is 2.86. The van der Waals surface area contributed by atoms with Gasteiger partial charge in [-0.1, -0.05) is 48.5 Å². The van der Waals surface area contributed by atoms with Crippen LogP contribution in [0.5, 0.6) is 0 Å². The second-order valence-corrected chi connectivity index (χ2v) is 3.99. The smallest absolute Gasteiger partial charge is 0.225 e. The Labute approximate surface area is 104 Å². The molecule has 0 fully saturated rings. The van der Waals surface area contributed by atoms with E-state index in [1.165, 1.54) is 0 Å². The lowest BCUT2D eigenvalue weighted by Crippen LogP contribution is -2.02. The highest BCUT2D eigenvalue weighted by Crippen LogP contribution is 2.36. The number of carbonyl (C=O) groups excluding carboxylic acids is 1. The molecule has 0 spiro atoms. The minimum Gasteiger partial charge on any atom is -0.288 e. The van der Waals surface area contributed by atoms with E-state index in [1.807, 2.05) is 6.07 Å². The molecule has 87 valence electrons. The van der Waals surface area contributed by atoms with Crippen LogP contribution in [0.2, 0.25) is 0 Å². The molecule has 0 aliphatic carbocycles. The third kappa shape index (κ3) is 1.61. The summed E-state index contributed by atoms with van der Waals surface area (Å²) >= 11 is 0. The maximum Gasteiger partial charge on any atom is 0.225 e. The summed E-state index contributed by atoms with van der Waals surface area (Å²) in [6.07, 6.45) is 0. The first kappa shape index (κ1) is 10.7. The standard InChI is InChI=1S/C15H9FNO/c16-15-13(11-8-4-5-9-12(11)17-15)14(18)10-6-2-1-3-7-10/h1-9H. The van der Waals surface area contributed by atoms with E-state index < -0.39 is 5.95 Å². The molecular weight excluding hydrogens is 229 g/mol. The van der Waals surface area contributed by atoms with Crippen LogP contribution in [-0.2, 0) is 0 Å². The molecule has 0 N–H and O–H groups in total. The summed E-state index contributed by atoms with van der Waals surface area (Å²) in [5.41, 5.74) is 1.59. The van der Waals surface area contributed by atoms with Crippen LogP contribution >= 0.6 is 0 Å². The summed E-state index contributed by atoms with van der Waals surface area (Å²) in [6.45, 7) is 0. The number of hydrogen-bond acceptors (Lipinski definition) is 1. The molecule has 1 radical (unpaired) electrons. The molecular formula is C15H9FNO. The lowest BCUT2D eigenvalue weighted by molar-refractivity contribution is 0.105. The van der Waals surface area contributed by atoms with E-state index in [0.717, 1.165) is 0 Å². The topological polar surface area (TPSA) is 31.2 Å². The highest BCUT2D eigenvalue weighted by atomic mass is 19.1. The highest BCUT2D eigenvalue weighted by molar-refractivity contribution is 6.31. The molecule has 0 atom stereocenters. The number of benzene rings is 2. The molecule has 0 saturated carbocycles. The summed E-state index contributed by atoms with van der Waals surface area (Å²) in [7, 11) is 0. The molecule has 0 bridgehead atoms. The van der Waals surface area contributed by atoms with Crippen molar-refractivity contribution in [2.24, 2.45) is 0 Å². The van der Waals surface area contributed by atoms with Gasteiger partial charge in [-0.2, -0.15) is 4.39 Å². The van der Waals surface area contributed by atoms with Crippen molar-refractivity contribution in [3.63, 3.8) is 0 Å². The van der Waals surface area contributed by atoms with Crippen LogP contribution in [0, 0.1) is 0 Å². The van der Waals surface area contributed by atoms with Crippen LogP contribution < -0.4 is 5.32 Å². The van der Waals surface area contributed by atoms with Gasteiger partial charge >= 0.3 is 0 Å². The Hall–Kier alpha value is -2.42. The number of halogens is 1. The van der Waals surface area contributed by atoms with E-state index >= 15 is 0 Å². The van der Waals surface area contributed by atoms with Crippen molar-refractivity contribution in [3.8, 4) is 0 Å². The molecule has 1 aliphatic heterocycles. The molecule has 3 rings (SSSR count). The maximum absolute atomic E-state index is 13.8. The van der Waals surface area contributed by atoms with Crippen LogP contribution in [0.15, 0.2) is 60.5 Å². The van der Waals surface area contributed by atoms with Crippen LogP contribution in [0.3, 0.4) is 0 Å². The fourth-order valence-corrected chi connectivity index (χ4v) is 2.01. The van der Waals surface area contributed by atoms with Crippen LogP contribution in [0.25, 0.3) is 5.57 Å². The Kier molecular flexibility index (Phi) is 2.45. The zero-order valence-electron chi connectivity index (χ0n) is 9.43. The molecule has 0 aromatic heterocycles. The summed E-state index contributed by atoms with van der Waals surface area (Å²) in [6, 6.07) is 15.6. The summed E-state index contributed by atoms with van der Waals surface area (Å²) in [5.74, 6) is -1.04. The number of rotatable bonds is 2. The first-order chi connectivity index (χ1) is 8.77. The number of fused-ring (bicyclic) bond motifs is 1. The average Bonchev–Trinajstić information content (AvgIpc) is 2.75. The van der Waals surface area contributed by atoms with Gasteiger partial charge in [0, 0.05) is 11.1 Å². The molecule has 2 aromatic rings. The van der Waals surface area contributed by atoms with Crippen molar-refractivity contribution in [2.45, 2.75) is 0 Å². The van der Waals surface area contributed by atoms with Gasteiger partial charge in [-0.3, -0.25) is 4.79 Å². The Morgan fingerprint density at radius 2 is 1.61 bits per heavy atom. The first-order valence-electron chi connectivity index (χ1n) is 5.58. The molecule has 2 nitrogen and oxygen atoms in total. The molecule has 1 heterocycles. The average molecular weight is 238 g/mol. The Bertz CT molecular complexity index is 647. The number of nitrogens with zero attached hydrogens (tertiary/aromatic N) is 1. The minimum absolute atomic E-state index is 0.0526. The van der Waals surface area contributed by atoms with Gasteiger partial charge in [-0.05, 0) is 6.07 Å². The van der Waals surface area contributed by atoms with Gasteiger partial charge in [0.25, 0.3) is 0 Å². The molecule has 3 heteroatoms. The normalized spacial score (nSPS) is 13.2. The summed E-state index contributed by atoms with van der Waals surface area (Å²) in [5, 5.41) is 3.77. The largest absolute Gasteiger partial charge is 0.288 e. The van der Waals surface area contributed by atoms with Gasteiger partial charge in [-0.15, -0.1) is 0 Å². The van der Waals surface area contributed by atoms with Gasteiger partial charge < -0.3 is 0 Å². The second-order valence-electron chi connectivity index (χ2n) is 3.99. The van der Waals surface area contributed by atoms with Crippen molar-refractivity contribution >= 4 is 17.0 Å². The summed E-state index contributed by atoms with van der Waals surface area (Å²) in [4.78, 5) is 12.3. The van der Waals surface area contributed by atoms with Crippen molar-refractivity contribution in [2.75, 3.05) is 0 Å². The zero-order valence-corrected chi connectivity index (χ0v) is 9.43. The number of carbonyl (C=O) groups is 1. The molecule has 2 aromatic carbocycles. The lowest BCUT2D eigenvalue weighted by Gasteiger charge is -2.02. The molecule has 0 unspecified atom stereocenters. The number of para-hydroxylation sites is 1. The monoisotopic (exact) mass is 238 g/mol. The number of allylic oxidation sites excluding steroid dienone is 1. The SMILES string of the molecule is O=C(C1=C(F)[N]c2ccccc21)c1ccccc1. The van der Waals surface area contributed by atoms with Gasteiger partial charge in [0.05, 0.1) is 11.3 Å². The molecule has 0 saturated heterocycles. The van der Waals surface area contributed by atoms with E-state index in [1.54, 1.807) is 48.5 Å². The van der Waals surface area contributed by atoms with Crippen LogP contribution in [0.4, 0.5) is 10.1 Å². The van der Waals surface area contributed by atoms with E-state index in [0.29, 0.717) is 16.8 Å². The predicted octanol–water partition coefficient (Wildman–Crippen LogP) is 3.46. The molecule has 1 aliphatic rings. The van der Waals surface area contributed by atoms with E-state index in [9.17, 15) is 9.18 Å². The maximum atomic E-state index is 13.8. The Morgan fingerprint density at radius 1 is 0.944 bits per heavy atom. The first-order valence-corrected chi connectivity index (χ1v) is 5.58. The zero-order chi connectivity index (χ0) is 12.5. The lowest BCUT2D eigenvalue weighted by atomic mass is 9.98. The van der Waals surface area contributed by atoms with Crippen molar-refractivity contribution < 1.29 is 9.18 Å². The second kappa shape index (κ2) is 4.11. The summed E-state index contributed by atoms with van der Waals surface area (Å²) < 4.78 is 13.8. The van der Waals surface area contributed by atoms with Crippen molar-refractivity contribution in [1.82, 2.24) is 5.32 Å². The fraction of sp³-hybridized carbons (Fsp3) is 0. The third-order valence-corrected chi connectivity index (χ3v) is 2.86. The quantitative estimate of drug-likeness (QED) is 0.582. The number of hydrogen-bond donors (Lipinski definition) is 0. The van der Waals surface area contributed by atoms with E-state index in [-0.39, 0.29) is 11.4 Å². The van der Waals surface area contributed by atoms with Gasteiger partial charge in [0.15, 0.2) is 5.78 Å². The van der Waals surface area contributed by atoms with E-state index in [2.05, 4.69) is 5.32 Å². The van der Waals surface area contributed by atoms with Crippen molar-refractivity contribution in [3.05, 3.63) is 71.7 Å². The van der Waals surface area contributed by atoms with Crippen LogP contribution in [-0.4, -0.2) is 5.78 Å². The molecule has 18 heavy (non-hydrogen) atoms. The fourth-order valence-electron chi connectivity index (χ4n) is 2.01. The Morgan fingerprint density at radius 3 is 2.39 bits per heavy atom. The predicted molar refractivity (Wildman–Crippen MR) is 67.0 cm³/mol. The number of Topliss-reactive ketones (excluding diaryl/α,β-unsaturated/α-hetero) is 1. The number of ketones is 1. The van der Waals surface area contributed by atoms with Gasteiger partial charge in [-0.25, -0.2) is 5.32 Å². The van der Waals surface area contributed by atoms with Gasteiger partial charge in [0.1, 0.15) is 0 Å². The van der Waals surface area contributed by atoms with Gasteiger partial charge in [0.2, 0.25) is 5.95 Å².